The van der Waals surface area contributed by atoms with Crippen molar-refractivity contribution in [2.24, 2.45) is 0 Å². The molecule has 0 radical (unpaired) electrons. The number of rotatable bonds is 14. The number of alkyl halides is 2. The second-order valence-electron chi connectivity index (χ2n) is 13.4. The van der Waals surface area contributed by atoms with Gasteiger partial charge >= 0.3 is 18.6 Å². The van der Waals surface area contributed by atoms with Crippen LogP contribution in [-0.4, -0.2) is 72.3 Å². The number of ether oxygens (including phenoxy) is 5. The first-order valence-corrected chi connectivity index (χ1v) is 18.0. The number of carbonyl (C=O) groups is 1. The van der Waals surface area contributed by atoms with Gasteiger partial charge in [-0.25, -0.2) is 4.98 Å². The standard InChI is InChI=1S/C40H43F2N5O7/c1-23-25(21-52-40-45-35(49-3)30(36(46-40)50-4)20-47-16-5-6-17-47)10-7-11-27(23)28-12-8-13-29(24(28)2)37-44-32-18-26(22-51-38(48)31-14-9-15-43-31)33(54-39(41)42)19-34(32)53-37/h7-8,10-13,18-19,31,39,43H,5-6,9,14-17,20-22H2,1-4H3/t31-/m0/s1. The van der Waals surface area contributed by atoms with Gasteiger partial charge in [0.05, 0.1) is 19.8 Å². The number of nitrogens with one attached hydrogen (secondary N) is 1. The van der Waals surface area contributed by atoms with E-state index in [9.17, 15) is 13.6 Å². The van der Waals surface area contributed by atoms with Gasteiger partial charge in [-0.05, 0) is 99.1 Å². The van der Waals surface area contributed by atoms with Crippen LogP contribution in [0.3, 0.4) is 0 Å². The largest absolute Gasteiger partial charge is 0.481 e. The van der Waals surface area contributed by atoms with Gasteiger partial charge in [0, 0.05) is 23.7 Å². The molecule has 3 aromatic carbocycles. The number of hydrogen-bond acceptors (Lipinski definition) is 12. The Hall–Kier alpha value is -5.34. The van der Waals surface area contributed by atoms with Crippen LogP contribution in [0.25, 0.3) is 33.7 Å². The molecule has 1 N–H and O–H groups in total. The topological polar surface area (TPSA) is 130 Å². The molecule has 2 aromatic heterocycles. The lowest BCUT2D eigenvalue weighted by molar-refractivity contribution is -0.147. The minimum absolute atomic E-state index is 0.146. The van der Waals surface area contributed by atoms with Crippen LogP contribution >= 0.6 is 0 Å². The number of aromatic nitrogens is 3. The van der Waals surface area contributed by atoms with Crippen LogP contribution in [0.5, 0.6) is 23.5 Å². The van der Waals surface area contributed by atoms with Crippen molar-refractivity contribution in [3.63, 3.8) is 0 Å². The highest BCUT2D eigenvalue weighted by Crippen LogP contribution is 2.37. The Kier molecular flexibility index (Phi) is 11.2. The Balaban J connectivity index is 1.13. The Morgan fingerprint density at radius 3 is 2.30 bits per heavy atom. The summed E-state index contributed by atoms with van der Waals surface area (Å²) in [6, 6.07) is 14.5. The monoisotopic (exact) mass is 743 g/mol. The summed E-state index contributed by atoms with van der Waals surface area (Å²) in [7, 11) is 3.16. The molecule has 2 aliphatic heterocycles. The first kappa shape index (κ1) is 37.0. The molecule has 0 spiro atoms. The highest BCUT2D eigenvalue weighted by atomic mass is 19.3. The molecule has 0 unspecified atom stereocenters. The predicted octanol–water partition coefficient (Wildman–Crippen LogP) is 7.16. The molecule has 0 aliphatic carbocycles. The molecule has 4 heterocycles. The number of benzene rings is 3. The molecule has 2 saturated heterocycles. The van der Waals surface area contributed by atoms with Crippen molar-refractivity contribution in [1.82, 2.24) is 25.2 Å². The van der Waals surface area contributed by atoms with E-state index in [0.717, 1.165) is 77.8 Å². The van der Waals surface area contributed by atoms with Gasteiger partial charge in [0.25, 0.3) is 0 Å². The Morgan fingerprint density at radius 2 is 1.61 bits per heavy atom. The van der Waals surface area contributed by atoms with Crippen LogP contribution in [0.1, 0.15) is 53.5 Å². The zero-order valence-corrected chi connectivity index (χ0v) is 30.7. The second kappa shape index (κ2) is 16.4. The summed E-state index contributed by atoms with van der Waals surface area (Å²) in [5.74, 6) is 0.575. The first-order valence-electron chi connectivity index (χ1n) is 18.0. The fourth-order valence-electron chi connectivity index (χ4n) is 7.13. The average molecular weight is 744 g/mol. The van der Waals surface area contributed by atoms with Crippen molar-refractivity contribution in [1.29, 1.82) is 0 Å². The predicted molar refractivity (Wildman–Crippen MR) is 196 cm³/mol. The molecule has 14 heteroatoms. The normalized spacial score (nSPS) is 15.9. The summed E-state index contributed by atoms with van der Waals surface area (Å²) < 4.78 is 60.5. The number of carbonyl (C=O) groups excluding carboxylic acids is 1. The Labute approximate surface area is 311 Å². The molecule has 1 atom stereocenters. The number of nitrogens with zero attached hydrogens (tertiary/aromatic N) is 4. The van der Waals surface area contributed by atoms with Crippen LogP contribution in [0, 0.1) is 13.8 Å². The van der Waals surface area contributed by atoms with Gasteiger partial charge in [-0.2, -0.15) is 18.7 Å². The minimum atomic E-state index is -3.08. The van der Waals surface area contributed by atoms with Gasteiger partial charge in [-0.15, -0.1) is 0 Å². The number of halogens is 2. The van der Waals surface area contributed by atoms with Crippen LogP contribution in [-0.2, 0) is 29.3 Å². The number of oxazole rings is 1. The molecule has 0 amide bonds. The lowest BCUT2D eigenvalue weighted by atomic mass is 9.91. The molecular weight excluding hydrogens is 700 g/mol. The van der Waals surface area contributed by atoms with E-state index in [0.29, 0.717) is 36.1 Å². The third kappa shape index (κ3) is 7.94. The average Bonchev–Trinajstić information content (AvgIpc) is 3.97. The van der Waals surface area contributed by atoms with E-state index in [4.69, 9.17) is 33.1 Å². The van der Waals surface area contributed by atoms with Crippen LogP contribution in [0.2, 0.25) is 0 Å². The van der Waals surface area contributed by atoms with Crippen molar-refractivity contribution in [3.05, 3.63) is 76.3 Å². The number of esters is 1. The van der Waals surface area contributed by atoms with E-state index in [2.05, 4.69) is 20.2 Å². The van der Waals surface area contributed by atoms with Crippen molar-refractivity contribution < 1.29 is 41.7 Å². The maximum absolute atomic E-state index is 13.4. The SMILES string of the molecule is COc1nc(OCc2cccc(-c3cccc(-c4nc5cc(COC(=O)[C@@H]6CCCN6)c(OC(F)F)cc5o4)c3C)c2C)nc(OC)c1CN1CCCC1. The summed E-state index contributed by atoms with van der Waals surface area (Å²) in [6.07, 6.45) is 3.85. The van der Waals surface area contributed by atoms with Crippen molar-refractivity contribution >= 4 is 17.1 Å². The zero-order valence-electron chi connectivity index (χ0n) is 30.7. The Morgan fingerprint density at radius 1 is 0.907 bits per heavy atom. The molecule has 5 aromatic rings. The summed E-state index contributed by atoms with van der Waals surface area (Å²) in [6.45, 7) is 4.27. The third-order valence-corrected chi connectivity index (χ3v) is 10.0. The molecule has 54 heavy (non-hydrogen) atoms. The smallest absolute Gasteiger partial charge is 0.387 e. The maximum Gasteiger partial charge on any atom is 0.387 e. The van der Waals surface area contributed by atoms with E-state index in [-0.39, 0.29) is 36.1 Å². The maximum atomic E-state index is 13.4. The van der Waals surface area contributed by atoms with E-state index in [1.807, 2.05) is 50.2 Å². The van der Waals surface area contributed by atoms with Crippen molar-refractivity contribution in [3.8, 4) is 46.1 Å². The molecule has 284 valence electrons. The van der Waals surface area contributed by atoms with Crippen molar-refractivity contribution in [2.45, 2.75) is 71.9 Å². The van der Waals surface area contributed by atoms with Gasteiger partial charge in [-0.1, -0.05) is 30.3 Å². The minimum Gasteiger partial charge on any atom is -0.481 e. The van der Waals surface area contributed by atoms with Gasteiger partial charge in [0.2, 0.25) is 17.7 Å². The lowest BCUT2D eigenvalue weighted by Gasteiger charge is -2.19. The third-order valence-electron chi connectivity index (χ3n) is 10.0. The second-order valence-corrected chi connectivity index (χ2v) is 13.4. The van der Waals surface area contributed by atoms with Crippen LogP contribution in [0.4, 0.5) is 8.78 Å². The lowest BCUT2D eigenvalue weighted by Crippen LogP contribution is -2.32. The van der Waals surface area contributed by atoms with Gasteiger partial charge in [0.15, 0.2) is 5.58 Å². The van der Waals surface area contributed by atoms with Crippen LogP contribution < -0.4 is 24.3 Å². The van der Waals surface area contributed by atoms with E-state index < -0.39 is 18.6 Å². The van der Waals surface area contributed by atoms with Crippen molar-refractivity contribution in [2.75, 3.05) is 33.9 Å². The summed E-state index contributed by atoms with van der Waals surface area (Å²) in [4.78, 5) is 28.7. The number of hydrogen-bond donors (Lipinski definition) is 1. The van der Waals surface area contributed by atoms with Gasteiger partial charge in [0.1, 0.15) is 30.5 Å². The number of fused-ring (bicyclic) bond motifs is 1. The summed E-state index contributed by atoms with van der Waals surface area (Å²) in [5, 5.41) is 3.08. The molecular formula is C40H43F2N5O7. The molecule has 0 bridgehead atoms. The van der Waals surface area contributed by atoms with E-state index >= 15 is 0 Å². The highest BCUT2D eigenvalue weighted by molar-refractivity contribution is 5.83. The van der Waals surface area contributed by atoms with E-state index in [1.54, 1.807) is 20.3 Å². The fourth-order valence-corrected chi connectivity index (χ4v) is 7.13. The molecule has 7 rings (SSSR count). The molecule has 2 aliphatic rings. The fraction of sp³-hybridized carbons (Fsp3) is 0.400. The Bertz CT molecular complexity index is 2100. The molecule has 12 nitrogen and oxygen atoms in total. The van der Waals surface area contributed by atoms with Gasteiger partial charge in [-0.3, -0.25) is 9.69 Å². The van der Waals surface area contributed by atoms with Crippen LogP contribution in [0.15, 0.2) is 52.9 Å². The quantitative estimate of drug-likeness (QED) is 0.116. The summed E-state index contributed by atoms with van der Waals surface area (Å²) >= 11 is 0. The molecule has 0 saturated carbocycles. The first-order chi connectivity index (χ1) is 26.2. The number of methoxy groups -OCH3 is 2. The summed E-state index contributed by atoms with van der Waals surface area (Å²) in [5.41, 5.74) is 7.22. The zero-order chi connectivity index (χ0) is 37.8. The molecule has 2 fully saturated rings. The number of likely N-dealkylation sites (tertiary alicyclic amines) is 1. The highest BCUT2D eigenvalue weighted by Gasteiger charge is 2.26. The van der Waals surface area contributed by atoms with E-state index in [1.165, 1.54) is 6.07 Å². The van der Waals surface area contributed by atoms with Gasteiger partial charge < -0.3 is 33.4 Å².